The van der Waals surface area contributed by atoms with Crippen LogP contribution in [0.1, 0.15) is 0 Å². The summed E-state index contributed by atoms with van der Waals surface area (Å²) in [7, 11) is -5.29. The van der Waals surface area contributed by atoms with Crippen molar-refractivity contribution in [1.82, 2.24) is 0 Å². The van der Waals surface area contributed by atoms with Crippen molar-refractivity contribution < 1.29 is 26.7 Å². The lowest BCUT2D eigenvalue weighted by atomic mass is 10.3. The van der Waals surface area contributed by atoms with Gasteiger partial charge in [0.25, 0.3) is 9.84 Å². The second-order valence-corrected chi connectivity index (χ2v) is 5.07. The minimum absolute atomic E-state index is 0.136. The van der Waals surface area contributed by atoms with Gasteiger partial charge in [0.1, 0.15) is 0 Å². The van der Waals surface area contributed by atoms with Crippen LogP contribution in [0.15, 0.2) is 29.2 Å². The van der Waals surface area contributed by atoms with E-state index < -0.39 is 20.2 Å². The number of halogens is 3. The van der Waals surface area contributed by atoms with Crippen LogP contribution in [-0.4, -0.2) is 32.2 Å². The number of hydrogen-bond acceptors (Lipinski definition) is 4. The summed E-state index contributed by atoms with van der Waals surface area (Å²) in [4.78, 5) is -0.806. The fraction of sp³-hybridized carbons (Fsp3) is 0.333. The van der Waals surface area contributed by atoms with Crippen molar-refractivity contribution in [3.8, 4) is 0 Å². The van der Waals surface area contributed by atoms with Gasteiger partial charge in [-0.1, -0.05) is 0 Å². The van der Waals surface area contributed by atoms with Crippen molar-refractivity contribution in [3.63, 3.8) is 0 Å². The number of benzene rings is 1. The van der Waals surface area contributed by atoms with Gasteiger partial charge in [0.05, 0.1) is 11.5 Å². The Morgan fingerprint density at radius 3 is 2.12 bits per heavy atom. The van der Waals surface area contributed by atoms with Gasteiger partial charge in [0.15, 0.2) is 0 Å². The van der Waals surface area contributed by atoms with E-state index in [1.165, 1.54) is 12.1 Å². The predicted octanol–water partition coefficient (Wildman–Crippen LogP) is 1.38. The molecule has 17 heavy (non-hydrogen) atoms. The summed E-state index contributed by atoms with van der Waals surface area (Å²) in [5, 5.41) is 11.2. The molecule has 0 unspecified atom stereocenters. The summed E-state index contributed by atoms with van der Waals surface area (Å²) in [5.41, 5.74) is -4.87. The van der Waals surface area contributed by atoms with Crippen molar-refractivity contribution in [2.45, 2.75) is 10.4 Å². The van der Waals surface area contributed by atoms with Gasteiger partial charge in [-0.05, 0) is 24.3 Å². The van der Waals surface area contributed by atoms with Gasteiger partial charge in [0.2, 0.25) is 0 Å². The summed E-state index contributed by atoms with van der Waals surface area (Å²) in [5.74, 6) is 0. The average molecular weight is 269 g/mol. The molecular formula is C9H10F3NO3S. The fourth-order valence-electron chi connectivity index (χ4n) is 1.09. The minimum atomic E-state index is -5.30. The van der Waals surface area contributed by atoms with Crippen molar-refractivity contribution in [1.29, 1.82) is 0 Å². The SMILES string of the molecule is O=S(=O)(c1ccc(NCCO)cc1)C(F)(F)F. The van der Waals surface area contributed by atoms with Crippen LogP contribution in [0.25, 0.3) is 0 Å². The highest BCUT2D eigenvalue weighted by Crippen LogP contribution is 2.30. The minimum Gasteiger partial charge on any atom is -0.395 e. The molecule has 0 spiro atoms. The lowest BCUT2D eigenvalue weighted by molar-refractivity contribution is -0.0436. The van der Waals surface area contributed by atoms with Crippen molar-refractivity contribution in [3.05, 3.63) is 24.3 Å². The standard InChI is InChI=1S/C9H10F3NO3S/c10-9(11,12)17(15,16)8-3-1-7(2-4-8)13-5-6-14/h1-4,13-14H,5-6H2. The quantitative estimate of drug-likeness (QED) is 0.866. The molecular weight excluding hydrogens is 259 g/mol. The normalized spacial score (nSPS) is 12.5. The van der Waals surface area contributed by atoms with Crippen LogP contribution < -0.4 is 5.32 Å². The third-order valence-electron chi connectivity index (χ3n) is 1.91. The third-order valence-corrected chi connectivity index (χ3v) is 3.41. The number of alkyl halides is 3. The molecule has 0 saturated carbocycles. The van der Waals surface area contributed by atoms with E-state index in [9.17, 15) is 21.6 Å². The average Bonchev–Trinajstić information content (AvgIpc) is 2.25. The van der Waals surface area contributed by atoms with Gasteiger partial charge in [-0.25, -0.2) is 8.42 Å². The first-order valence-corrected chi connectivity index (χ1v) is 6.03. The van der Waals surface area contributed by atoms with Crippen LogP contribution in [0.4, 0.5) is 18.9 Å². The van der Waals surface area contributed by atoms with Crippen LogP contribution in [0.3, 0.4) is 0 Å². The number of aliphatic hydroxyl groups excluding tert-OH is 1. The summed E-state index contributed by atoms with van der Waals surface area (Å²) in [6.45, 7) is 0.0912. The van der Waals surface area contributed by atoms with Crippen LogP contribution in [-0.2, 0) is 9.84 Å². The molecule has 2 N–H and O–H groups in total. The summed E-state index contributed by atoms with van der Waals surface area (Å²) in [6.07, 6.45) is 0. The Bertz CT molecular complexity index is 467. The van der Waals surface area contributed by atoms with Crippen LogP contribution >= 0.6 is 0 Å². The number of anilines is 1. The molecule has 0 saturated heterocycles. The number of aliphatic hydroxyl groups is 1. The number of sulfone groups is 1. The molecule has 96 valence electrons. The van der Waals surface area contributed by atoms with E-state index in [-0.39, 0.29) is 13.2 Å². The second-order valence-electron chi connectivity index (χ2n) is 3.12. The largest absolute Gasteiger partial charge is 0.501 e. The van der Waals surface area contributed by atoms with Crippen LogP contribution in [0, 0.1) is 0 Å². The van der Waals surface area contributed by atoms with Crippen molar-refractivity contribution in [2.75, 3.05) is 18.5 Å². The predicted molar refractivity (Wildman–Crippen MR) is 55.3 cm³/mol. The summed E-state index contributed by atoms with van der Waals surface area (Å²) < 4.78 is 58.5. The second kappa shape index (κ2) is 4.92. The Morgan fingerprint density at radius 1 is 1.18 bits per heavy atom. The van der Waals surface area contributed by atoms with Crippen molar-refractivity contribution >= 4 is 15.5 Å². The lowest BCUT2D eigenvalue weighted by Gasteiger charge is -2.09. The van der Waals surface area contributed by atoms with Gasteiger partial charge in [-0.3, -0.25) is 0 Å². The first-order valence-electron chi connectivity index (χ1n) is 4.55. The molecule has 0 aliphatic rings. The Labute approximate surface area is 96.0 Å². The first kappa shape index (κ1) is 13.8. The van der Waals surface area contributed by atoms with Gasteiger partial charge >= 0.3 is 5.51 Å². The zero-order valence-electron chi connectivity index (χ0n) is 8.53. The maximum atomic E-state index is 12.2. The maximum Gasteiger partial charge on any atom is 0.501 e. The zero-order chi connectivity index (χ0) is 13.1. The molecule has 0 radical (unpaired) electrons. The van der Waals surface area contributed by atoms with E-state index >= 15 is 0 Å². The molecule has 0 aromatic heterocycles. The molecule has 0 atom stereocenters. The highest BCUT2D eigenvalue weighted by atomic mass is 32.2. The molecule has 1 aromatic carbocycles. The van der Waals surface area contributed by atoms with E-state index in [2.05, 4.69) is 5.32 Å². The Kier molecular flexibility index (Phi) is 3.99. The monoisotopic (exact) mass is 269 g/mol. The Morgan fingerprint density at radius 2 is 1.71 bits per heavy atom. The first-order chi connectivity index (χ1) is 7.79. The number of nitrogens with one attached hydrogen (secondary N) is 1. The Hall–Kier alpha value is -1.28. The highest BCUT2D eigenvalue weighted by Gasteiger charge is 2.46. The highest BCUT2D eigenvalue weighted by molar-refractivity contribution is 7.92. The molecule has 0 aliphatic heterocycles. The van der Waals surface area contributed by atoms with Crippen molar-refractivity contribution in [2.24, 2.45) is 0 Å². The maximum absolute atomic E-state index is 12.2. The molecule has 1 rings (SSSR count). The van der Waals surface area contributed by atoms with Gasteiger partial charge < -0.3 is 10.4 Å². The molecule has 0 heterocycles. The molecule has 4 nitrogen and oxygen atoms in total. The number of rotatable bonds is 4. The topological polar surface area (TPSA) is 66.4 Å². The molecule has 8 heteroatoms. The summed E-state index contributed by atoms with van der Waals surface area (Å²) >= 11 is 0. The smallest absolute Gasteiger partial charge is 0.395 e. The molecule has 1 aromatic rings. The van der Waals surface area contributed by atoms with E-state index in [0.717, 1.165) is 12.1 Å². The molecule has 0 aliphatic carbocycles. The summed E-state index contributed by atoms with van der Waals surface area (Å²) in [6, 6.07) is 4.13. The lowest BCUT2D eigenvalue weighted by Crippen LogP contribution is -2.23. The van der Waals surface area contributed by atoms with Gasteiger partial charge in [-0.15, -0.1) is 0 Å². The fourth-order valence-corrected chi connectivity index (χ4v) is 1.85. The van der Waals surface area contributed by atoms with Gasteiger partial charge in [-0.2, -0.15) is 13.2 Å². The van der Waals surface area contributed by atoms with E-state index in [4.69, 9.17) is 5.11 Å². The third kappa shape index (κ3) is 3.10. The molecule has 0 amide bonds. The molecule has 0 fully saturated rings. The Balaban J connectivity index is 2.96. The zero-order valence-corrected chi connectivity index (χ0v) is 9.35. The van der Waals surface area contributed by atoms with E-state index in [1.807, 2.05) is 0 Å². The van der Waals surface area contributed by atoms with Crippen LogP contribution in [0.2, 0.25) is 0 Å². The van der Waals surface area contributed by atoms with E-state index in [1.54, 1.807) is 0 Å². The van der Waals surface area contributed by atoms with Crippen LogP contribution in [0.5, 0.6) is 0 Å². The van der Waals surface area contributed by atoms with Gasteiger partial charge in [0, 0.05) is 12.2 Å². The van der Waals surface area contributed by atoms with E-state index in [0.29, 0.717) is 5.69 Å². The number of hydrogen-bond donors (Lipinski definition) is 2. The molecule has 0 bridgehead atoms.